The molecule has 0 aromatic carbocycles. The SMILES string of the molecule is CCCC/C=C/CC[P+](CC/C=C/CCCC)(CC/C=C/CCCC)CC/C=C/CCCC. The fourth-order valence-electron chi connectivity index (χ4n) is 4.30. The molecule has 0 aliphatic heterocycles. The van der Waals surface area contributed by atoms with Crippen molar-refractivity contribution in [2.45, 2.75) is 130 Å². The molecule has 0 unspecified atom stereocenters. The van der Waals surface area contributed by atoms with Crippen LogP contribution in [0.4, 0.5) is 0 Å². The van der Waals surface area contributed by atoms with E-state index in [1.807, 2.05) is 0 Å². The number of hydrogen-bond donors (Lipinski definition) is 0. The van der Waals surface area contributed by atoms with Gasteiger partial charge in [-0.3, -0.25) is 0 Å². The number of rotatable bonds is 24. The zero-order valence-electron chi connectivity index (χ0n) is 23.2. The molecule has 0 atom stereocenters. The Kier molecular flexibility index (Phi) is 25.5. The minimum Gasteiger partial charge on any atom is -0.0884 e. The second kappa shape index (κ2) is 26.0. The second-order valence-corrected chi connectivity index (χ2v) is 14.3. The third kappa shape index (κ3) is 21.6. The highest BCUT2D eigenvalue weighted by molar-refractivity contribution is 7.75. The highest BCUT2D eigenvalue weighted by Crippen LogP contribution is 2.61. The molecule has 0 nitrogen and oxygen atoms in total. The lowest BCUT2D eigenvalue weighted by atomic mass is 10.2. The van der Waals surface area contributed by atoms with Crippen LogP contribution in [0.1, 0.15) is 130 Å². The third-order valence-electron chi connectivity index (χ3n) is 6.64. The maximum atomic E-state index is 2.51. The van der Waals surface area contributed by atoms with Crippen molar-refractivity contribution < 1.29 is 0 Å². The van der Waals surface area contributed by atoms with Crippen molar-refractivity contribution in [1.82, 2.24) is 0 Å². The van der Waals surface area contributed by atoms with E-state index in [1.54, 1.807) is 0 Å². The van der Waals surface area contributed by atoms with Gasteiger partial charge in [-0.25, -0.2) is 0 Å². The zero-order valence-corrected chi connectivity index (χ0v) is 24.1. The molecule has 0 fully saturated rings. The van der Waals surface area contributed by atoms with Gasteiger partial charge in [-0.15, -0.1) is 0 Å². The van der Waals surface area contributed by atoms with Crippen LogP contribution in [0.15, 0.2) is 48.6 Å². The molecule has 0 N–H and O–H groups in total. The molecule has 1 heteroatoms. The van der Waals surface area contributed by atoms with Crippen LogP contribution in [-0.2, 0) is 0 Å². The van der Waals surface area contributed by atoms with E-state index >= 15 is 0 Å². The number of hydrogen-bond acceptors (Lipinski definition) is 0. The molecular formula is C32H60P+. The van der Waals surface area contributed by atoms with Gasteiger partial charge >= 0.3 is 0 Å². The first-order chi connectivity index (χ1) is 16.2. The fourth-order valence-corrected chi connectivity index (χ4v) is 8.42. The van der Waals surface area contributed by atoms with Crippen molar-refractivity contribution in [2.24, 2.45) is 0 Å². The maximum absolute atomic E-state index is 2.51. The summed E-state index contributed by atoms with van der Waals surface area (Å²) in [4.78, 5) is 0. The second-order valence-electron chi connectivity index (χ2n) is 9.85. The van der Waals surface area contributed by atoms with E-state index in [0.29, 0.717) is 0 Å². The van der Waals surface area contributed by atoms with Crippen LogP contribution >= 0.6 is 7.26 Å². The smallest absolute Gasteiger partial charge is 0.0629 e. The molecule has 0 rings (SSSR count). The van der Waals surface area contributed by atoms with Gasteiger partial charge in [0.05, 0.1) is 24.6 Å². The van der Waals surface area contributed by atoms with Crippen molar-refractivity contribution in [3.63, 3.8) is 0 Å². The van der Waals surface area contributed by atoms with Crippen LogP contribution in [-0.4, -0.2) is 24.6 Å². The summed E-state index contributed by atoms with van der Waals surface area (Å²) in [7, 11) is -0.923. The first kappa shape index (κ1) is 32.4. The van der Waals surface area contributed by atoms with Gasteiger partial charge < -0.3 is 0 Å². The average Bonchev–Trinajstić information content (AvgIpc) is 2.83. The van der Waals surface area contributed by atoms with Crippen LogP contribution < -0.4 is 0 Å². The van der Waals surface area contributed by atoms with E-state index < -0.39 is 7.26 Å². The predicted octanol–water partition coefficient (Wildman–Crippen LogP) is 11.5. The van der Waals surface area contributed by atoms with Crippen LogP contribution in [0.5, 0.6) is 0 Å². The Morgan fingerprint density at radius 2 is 0.545 bits per heavy atom. The molecule has 0 bridgehead atoms. The third-order valence-corrected chi connectivity index (χ3v) is 11.5. The minimum absolute atomic E-state index is 0.923. The summed E-state index contributed by atoms with van der Waals surface area (Å²) in [6.45, 7) is 9.17. The van der Waals surface area contributed by atoms with Crippen molar-refractivity contribution in [3.8, 4) is 0 Å². The van der Waals surface area contributed by atoms with Crippen LogP contribution in [0.25, 0.3) is 0 Å². The van der Waals surface area contributed by atoms with Gasteiger partial charge in [-0.2, -0.15) is 0 Å². The van der Waals surface area contributed by atoms with E-state index in [4.69, 9.17) is 0 Å². The number of allylic oxidation sites excluding steroid dienone is 8. The summed E-state index contributed by atoms with van der Waals surface area (Å²) in [6, 6.07) is 0. The van der Waals surface area contributed by atoms with Gasteiger partial charge in [0.15, 0.2) is 0 Å². The first-order valence-electron chi connectivity index (χ1n) is 14.7. The molecule has 0 aliphatic carbocycles. The summed E-state index contributed by atoms with van der Waals surface area (Å²) in [6.07, 6.45) is 46.6. The van der Waals surface area contributed by atoms with Gasteiger partial charge in [-0.05, 0) is 51.4 Å². The molecule has 0 saturated heterocycles. The standard InChI is InChI=1S/C32H60P/c1-5-9-13-17-21-25-29-33(30-26-22-18-14-10-6-2,31-27-23-19-15-11-7-3)32-28-24-20-16-12-8-4/h17-24H,5-16,25-32H2,1-4H3/q+1/b21-17+,22-18+,23-19+,24-20+. The molecule has 192 valence electrons. The van der Waals surface area contributed by atoms with Gasteiger partial charge in [0.2, 0.25) is 0 Å². The lowest BCUT2D eigenvalue weighted by molar-refractivity contribution is 0.811. The van der Waals surface area contributed by atoms with Gasteiger partial charge in [0.25, 0.3) is 0 Å². The maximum Gasteiger partial charge on any atom is 0.0629 e. The van der Waals surface area contributed by atoms with E-state index in [0.717, 1.165) is 0 Å². The summed E-state index contributed by atoms with van der Waals surface area (Å²) >= 11 is 0. The average molecular weight is 476 g/mol. The Balaban J connectivity index is 5.09. The molecule has 0 spiro atoms. The summed E-state index contributed by atoms with van der Waals surface area (Å²) in [5, 5.41) is 0. The van der Waals surface area contributed by atoms with E-state index in [2.05, 4.69) is 76.3 Å². The van der Waals surface area contributed by atoms with Gasteiger partial charge in [0, 0.05) is 7.26 Å². The largest absolute Gasteiger partial charge is 0.0884 e. The van der Waals surface area contributed by atoms with Crippen molar-refractivity contribution >= 4 is 7.26 Å². The monoisotopic (exact) mass is 475 g/mol. The molecule has 0 aromatic heterocycles. The minimum atomic E-state index is -0.923. The van der Waals surface area contributed by atoms with Crippen molar-refractivity contribution in [3.05, 3.63) is 48.6 Å². The topological polar surface area (TPSA) is 0 Å². The van der Waals surface area contributed by atoms with Crippen LogP contribution in [0, 0.1) is 0 Å². The highest BCUT2D eigenvalue weighted by atomic mass is 31.2. The quantitative estimate of drug-likeness (QED) is 0.0739. The molecule has 0 aliphatic rings. The molecule has 0 amide bonds. The Hall–Kier alpha value is -0.610. The van der Waals surface area contributed by atoms with Crippen LogP contribution in [0.2, 0.25) is 0 Å². The van der Waals surface area contributed by atoms with E-state index in [9.17, 15) is 0 Å². The molecule has 33 heavy (non-hydrogen) atoms. The predicted molar refractivity (Wildman–Crippen MR) is 160 cm³/mol. The highest BCUT2D eigenvalue weighted by Gasteiger charge is 2.34. The van der Waals surface area contributed by atoms with E-state index in [-0.39, 0.29) is 0 Å². The summed E-state index contributed by atoms with van der Waals surface area (Å²) < 4.78 is 0. The Labute approximate surface area is 210 Å². The Morgan fingerprint density at radius 3 is 0.758 bits per heavy atom. The zero-order chi connectivity index (χ0) is 24.3. The lowest BCUT2D eigenvalue weighted by Crippen LogP contribution is -2.12. The van der Waals surface area contributed by atoms with Crippen molar-refractivity contribution in [2.75, 3.05) is 24.6 Å². The number of unbranched alkanes of at least 4 members (excludes halogenated alkanes) is 8. The molecule has 0 saturated carbocycles. The normalized spacial score (nSPS) is 13.0. The van der Waals surface area contributed by atoms with E-state index in [1.165, 1.54) is 127 Å². The first-order valence-corrected chi connectivity index (χ1v) is 17.2. The van der Waals surface area contributed by atoms with Gasteiger partial charge in [-0.1, -0.05) is 128 Å². The Morgan fingerprint density at radius 1 is 0.333 bits per heavy atom. The van der Waals surface area contributed by atoms with Crippen molar-refractivity contribution in [1.29, 1.82) is 0 Å². The lowest BCUT2D eigenvalue weighted by Gasteiger charge is -2.27. The molecule has 0 heterocycles. The summed E-state index contributed by atoms with van der Waals surface area (Å²) in [5.74, 6) is 0. The van der Waals surface area contributed by atoms with Crippen LogP contribution in [0.3, 0.4) is 0 Å². The molecular weight excluding hydrogens is 415 g/mol. The molecule has 0 radical (unpaired) electrons. The van der Waals surface area contributed by atoms with Gasteiger partial charge in [0.1, 0.15) is 0 Å². The summed E-state index contributed by atoms with van der Waals surface area (Å²) in [5.41, 5.74) is 0. The molecule has 0 aromatic rings. The Bertz CT molecular complexity index is 403. The fraction of sp³-hybridized carbons (Fsp3) is 0.750.